The first-order chi connectivity index (χ1) is 12.2. The molecule has 1 unspecified atom stereocenters. The lowest BCUT2D eigenvalue weighted by molar-refractivity contribution is -0.131. The summed E-state index contributed by atoms with van der Waals surface area (Å²) in [6, 6.07) is 11.2. The van der Waals surface area contributed by atoms with E-state index in [1.54, 1.807) is 24.3 Å². The highest BCUT2D eigenvalue weighted by Gasteiger charge is 2.24. The maximum Gasteiger partial charge on any atom is 0.241 e. The van der Waals surface area contributed by atoms with Crippen LogP contribution in [-0.4, -0.2) is 39.4 Å². The molecule has 0 radical (unpaired) electrons. The number of hydrogen-bond donors (Lipinski definition) is 1. The van der Waals surface area contributed by atoms with Crippen molar-refractivity contribution in [2.45, 2.75) is 24.4 Å². The fraction of sp³-hybridized carbons (Fsp3) is 0.278. The van der Waals surface area contributed by atoms with Gasteiger partial charge >= 0.3 is 0 Å². The molecule has 1 N–H and O–H groups in total. The van der Waals surface area contributed by atoms with Gasteiger partial charge in [-0.2, -0.15) is 4.72 Å². The Kier molecular flexibility index (Phi) is 6.33. The maximum absolute atomic E-state index is 13.8. The molecule has 0 bridgehead atoms. The number of ether oxygens (including phenoxy) is 1. The smallest absolute Gasteiger partial charge is 0.241 e. The van der Waals surface area contributed by atoms with Gasteiger partial charge in [-0.15, -0.1) is 0 Å². The predicted octanol–water partition coefficient (Wildman–Crippen LogP) is 2.16. The van der Waals surface area contributed by atoms with Gasteiger partial charge in [-0.1, -0.05) is 24.3 Å². The summed E-state index contributed by atoms with van der Waals surface area (Å²) in [7, 11) is -0.906. The van der Waals surface area contributed by atoms with Crippen LogP contribution in [0.25, 0.3) is 0 Å². The number of amides is 1. The average Bonchev–Trinajstić information content (AvgIpc) is 2.61. The first-order valence-corrected chi connectivity index (χ1v) is 9.37. The molecule has 1 atom stereocenters. The van der Waals surface area contributed by atoms with Crippen LogP contribution in [0.4, 0.5) is 4.39 Å². The number of rotatable bonds is 7. The van der Waals surface area contributed by atoms with Crippen molar-refractivity contribution in [2.75, 3.05) is 14.2 Å². The molecule has 140 valence electrons. The van der Waals surface area contributed by atoms with Gasteiger partial charge in [0, 0.05) is 13.6 Å². The second-order valence-electron chi connectivity index (χ2n) is 5.82. The second kappa shape index (κ2) is 8.29. The van der Waals surface area contributed by atoms with E-state index in [-0.39, 0.29) is 17.2 Å². The molecule has 2 rings (SSSR count). The Bertz CT molecular complexity index is 872. The van der Waals surface area contributed by atoms with Crippen molar-refractivity contribution in [3.05, 3.63) is 59.9 Å². The van der Waals surface area contributed by atoms with E-state index < -0.39 is 27.8 Å². The Morgan fingerprint density at radius 3 is 2.46 bits per heavy atom. The van der Waals surface area contributed by atoms with E-state index in [9.17, 15) is 17.6 Å². The Balaban J connectivity index is 2.04. The van der Waals surface area contributed by atoms with Crippen molar-refractivity contribution in [1.82, 2.24) is 9.62 Å². The zero-order valence-electron chi connectivity index (χ0n) is 14.8. The molecular formula is C18H21FN2O4S. The molecule has 2 aromatic carbocycles. The van der Waals surface area contributed by atoms with Crippen molar-refractivity contribution in [1.29, 1.82) is 0 Å². The van der Waals surface area contributed by atoms with Crippen LogP contribution in [0.3, 0.4) is 0 Å². The number of carbonyl (C=O) groups is 1. The van der Waals surface area contributed by atoms with Gasteiger partial charge in [0.05, 0.1) is 18.0 Å². The van der Waals surface area contributed by atoms with E-state index in [1.807, 2.05) is 0 Å². The van der Waals surface area contributed by atoms with Crippen molar-refractivity contribution in [3.63, 3.8) is 0 Å². The van der Waals surface area contributed by atoms with Gasteiger partial charge in [0.25, 0.3) is 0 Å². The molecule has 0 fully saturated rings. The maximum atomic E-state index is 13.8. The molecule has 0 saturated heterocycles. The Labute approximate surface area is 152 Å². The van der Waals surface area contributed by atoms with Crippen molar-refractivity contribution in [2.24, 2.45) is 0 Å². The lowest BCUT2D eigenvalue weighted by Gasteiger charge is -2.22. The number of likely N-dealkylation sites (N-methyl/N-ethyl adjacent to an activating group) is 1. The molecule has 8 heteroatoms. The summed E-state index contributed by atoms with van der Waals surface area (Å²) in [5.74, 6) is -0.837. The first-order valence-electron chi connectivity index (χ1n) is 7.89. The summed E-state index contributed by atoms with van der Waals surface area (Å²) in [6.07, 6.45) is 0. The summed E-state index contributed by atoms with van der Waals surface area (Å²) in [5, 5.41) is 0. The van der Waals surface area contributed by atoms with Crippen molar-refractivity contribution < 1.29 is 22.3 Å². The van der Waals surface area contributed by atoms with Crippen LogP contribution in [-0.2, 0) is 21.4 Å². The van der Waals surface area contributed by atoms with Gasteiger partial charge in [-0.05, 0) is 36.8 Å². The summed E-state index contributed by atoms with van der Waals surface area (Å²) in [4.78, 5) is 13.9. The van der Waals surface area contributed by atoms with Crippen molar-refractivity contribution >= 4 is 15.9 Å². The molecule has 0 heterocycles. The third-order valence-electron chi connectivity index (χ3n) is 3.77. The highest BCUT2D eigenvalue weighted by atomic mass is 32.2. The topological polar surface area (TPSA) is 75.7 Å². The molecule has 26 heavy (non-hydrogen) atoms. The Hall–Kier alpha value is -2.45. The van der Waals surface area contributed by atoms with Crippen molar-refractivity contribution in [3.8, 4) is 5.75 Å². The van der Waals surface area contributed by atoms with Crippen LogP contribution in [0.5, 0.6) is 5.75 Å². The highest BCUT2D eigenvalue weighted by Crippen LogP contribution is 2.18. The lowest BCUT2D eigenvalue weighted by Crippen LogP contribution is -2.45. The van der Waals surface area contributed by atoms with E-state index in [2.05, 4.69) is 4.72 Å². The lowest BCUT2D eigenvalue weighted by atomic mass is 10.2. The molecular weight excluding hydrogens is 359 g/mol. The van der Waals surface area contributed by atoms with Crippen LogP contribution in [0.1, 0.15) is 12.5 Å². The Morgan fingerprint density at radius 1 is 1.23 bits per heavy atom. The number of nitrogens with zero attached hydrogens (tertiary/aromatic N) is 1. The minimum Gasteiger partial charge on any atom is -0.494 e. The van der Waals surface area contributed by atoms with Gasteiger partial charge in [0.1, 0.15) is 0 Å². The number of benzene rings is 2. The molecule has 0 aliphatic rings. The standard InChI is InChI=1S/C18H21FN2O4S/c1-13(20-26(23,24)15-7-5-4-6-8-15)18(22)21(2)12-14-9-10-17(25-3)16(19)11-14/h4-11,13,20H,12H2,1-3H3. The second-order valence-corrected chi connectivity index (χ2v) is 7.53. The number of hydrogen-bond acceptors (Lipinski definition) is 4. The summed E-state index contributed by atoms with van der Waals surface area (Å²) in [5.41, 5.74) is 0.567. The molecule has 0 aliphatic heterocycles. The molecule has 2 aromatic rings. The van der Waals surface area contributed by atoms with Gasteiger partial charge in [-0.3, -0.25) is 4.79 Å². The van der Waals surface area contributed by atoms with Crippen LogP contribution in [0.15, 0.2) is 53.4 Å². The van der Waals surface area contributed by atoms with Gasteiger partial charge in [-0.25, -0.2) is 12.8 Å². The van der Waals surface area contributed by atoms with Crippen LogP contribution in [0, 0.1) is 5.82 Å². The molecule has 0 spiro atoms. The summed E-state index contributed by atoms with van der Waals surface area (Å²) < 4.78 is 45.6. The fourth-order valence-corrected chi connectivity index (χ4v) is 3.66. The van der Waals surface area contributed by atoms with Gasteiger partial charge in [0.15, 0.2) is 11.6 Å². The quantitative estimate of drug-likeness (QED) is 0.799. The largest absolute Gasteiger partial charge is 0.494 e. The molecule has 0 aliphatic carbocycles. The zero-order valence-corrected chi connectivity index (χ0v) is 15.6. The first kappa shape index (κ1) is 19.9. The molecule has 1 amide bonds. The zero-order chi connectivity index (χ0) is 19.3. The fourth-order valence-electron chi connectivity index (χ4n) is 2.44. The predicted molar refractivity (Wildman–Crippen MR) is 95.7 cm³/mol. The third-order valence-corrected chi connectivity index (χ3v) is 5.32. The SMILES string of the molecule is COc1ccc(CN(C)C(=O)C(C)NS(=O)(=O)c2ccccc2)cc1F. The van der Waals surface area contributed by atoms with E-state index >= 15 is 0 Å². The number of sulfonamides is 1. The summed E-state index contributed by atoms with van der Waals surface area (Å²) >= 11 is 0. The monoisotopic (exact) mass is 380 g/mol. The number of nitrogens with one attached hydrogen (secondary N) is 1. The number of carbonyl (C=O) groups excluding carboxylic acids is 1. The van der Waals surface area contributed by atoms with Gasteiger partial charge < -0.3 is 9.64 Å². The number of methoxy groups -OCH3 is 1. The number of halogens is 1. The average molecular weight is 380 g/mol. The van der Waals surface area contributed by atoms with Crippen LogP contribution >= 0.6 is 0 Å². The minimum atomic E-state index is -3.80. The molecule has 0 saturated carbocycles. The summed E-state index contributed by atoms with van der Waals surface area (Å²) in [6.45, 7) is 1.60. The van der Waals surface area contributed by atoms with E-state index in [4.69, 9.17) is 4.74 Å². The third kappa shape index (κ3) is 4.80. The van der Waals surface area contributed by atoms with Crippen LogP contribution in [0.2, 0.25) is 0 Å². The molecule has 0 aromatic heterocycles. The van der Waals surface area contributed by atoms with Gasteiger partial charge in [0.2, 0.25) is 15.9 Å². The molecule has 6 nitrogen and oxygen atoms in total. The van der Waals surface area contributed by atoms with Crippen LogP contribution < -0.4 is 9.46 Å². The van der Waals surface area contributed by atoms with E-state index in [1.165, 1.54) is 50.2 Å². The minimum absolute atomic E-state index is 0.0829. The Morgan fingerprint density at radius 2 is 1.88 bits per heavy atom. The highest BCUT2D eigenvalue weighted by molar-refractivity contribution is 7.89. The normalized spacial score (nSPS) is 12.5. The van der Waals surface area contributed by atoms with E-state index in [0.717, 1.165) is 0 Å². The van der Waals surface area contributed by atoms with E-state index in [0.29, 0.717) is 5.56 Å².